The Hall–Kier alpha value is -1.35. The summed E-state index contributed by atoms with van der Waals surface area (Å²) in [5.74, 6) is 1.20. The van der Waals surface area contributed by atoms with Crippen LogP contribution in [0.4, 0.5) is 0 Å². The molecule has 0 aliphatic heterocycles. The van der Waals surface area contributed by atoms with Crippen molar-refractivity contribution in [3.8, 4) is 5.75 Å². The zero-order chi connectivity index (χ0) is 13.4. The summed E-state index contributed by atoms with van der Waals surface area (Å²) in [6.45, 7) is 5.43. The normalized spacial score (nSPS) is 10.4. The van der Waals surface area contributed by atoms with Crippen molar-refractivity contribution in [3.63, 3.8) is 0 Å². The average Bonchev–Trinajstić information content (AvgIpc) is 2.37. The van der Waals surface area contributed by atoms with E-state index in [2.05, 4.69) is 24.4 Å². The monoisotopic (exact) mass is 249 g/mol. The fourth-order valence-electron chi connectivity index (χ4n) is 1.89. The Morgan fingerprint density at radius 2 is 2.11 bits per heavy atom. The molecule has 3 heteroatoms. The largest absolute Gasteiger partial charge is 0.496 e. The number of hydrogen-bond acceptors (Lipinski definition) is 3. The third-order valence-electron chi connectivity index (χ3n) is 2.97. The van der Waals surface area contributed by atoms with Crippen molar-refractivity contribution in [2.45, 2.75) is 33.1 Å². The zero-order valence-electron chi connectivity index (χ0n) is 11.6. The molecule has 100 valence electrons. The van der Waals surface area contributed by atoms with E-state index >= 15 is 0 Å². The van der Waals surface area contributed by atoms with E-state index < -0.39 is 0 Å². The number of Topliss-reactive ketones (excluding diaryl/α,β-unsaturated/α-hetero) is 1. The lowest BCUT2D eigenvalue weighted by molar-refractivity contribution is -0.116. The van der Waals surface area contributed by atoms with Crippen molar-refractivity contribution in [1.29, 1.82) is 0 Å². The van der Waals surface area contributed by atoms with Crippen LogP contribution in [0, 0.1) is 0 Å². The maximum absolute atomic E-state index is 10.8. The van der Waals surface area contributed by atoms with E-state index in [9.17, 15) is 4.79 Å². The first kappa shape index (κ1) is 14.7. The Balaban J connectivity index is 2.40. The molecule has 1 N–H and O–H groups in total. The standard InChI is InChI=1S/C15H23NO2/c1-4-14-11-13(5-6-15(14)18-3)8-10-16-9-7-12(2)17/h5-6,11,16H,4,7-10H2,1-3H3. The highest BCUT2D eigenvalue weighted by Gasteiger charge is 2.02. The second-order valence-corrected chi connectivity index (χ2v) is 4.45. The van der Waals surface area contributed by atoms with Gasteiger partial charge in [-0.15, -0.1) is 0 Å². The Labute approximate surface area is 110 Å². The molecule has 0 aliphatic carbocycles. The third-order valence-corrected chi connectivity index (χ3v) is 2.97. The van der Waals surface area contributed by atoms with Crippen molar-refractivity contribution in [2.24, 2.45) is 0 Å². The Bertz CT molecular complexity index is 388. The minimum absolute atomic E-state index is 0.236. The number of hydrogen-bond donors (Lipinski definition) is 1. The number of aryl methyl sites for hydroxylation is 1. The molecule has 3 nitrogen and oxygen atoms in total. The summed E-state index contributed by atoms with van der Waals surface area (Å²) in [7, 11) is 1.71. The van der Waals surface area contributed by atoms with Gasteiger partial charge in [0.05, 0.1) is 7.11 Å². The van der Waals surface area contributed by atoms with E-state index in [-0.39, 0.29) is 5.78 Å². The number of ether oxygens (including phenoxy) is 1. The predicted octanol–water partition coefficient (Wildman–Crippen LogP) is 2.37. The van der Waals surface area contributed by atoms with Crippen LogP contribution in [0.25, 0.3) is 0 Å². The van der Waals surface area contributed by atoms with E-state index in [1.807, 2.05) is 6.07 Å². The number of rotatable bonds is 8. The molecular formula is C15H23NO2. The molecule has 0 amide bonds. The molecule has 0 heterocycles. The van der Waals surface area contributed by atoms with E-state index in [0.29, 0.717) is 6.42 Å². The Morgan fingerprint density at radius 1 is 1.33 bits per heavy atom. The maximum atomic E-state index is 10.8. The van der Waals surface area contributed by atoms with Gasteiger partial charge in [0.1, 0.15) is 11.5 Å². The van der Waals surface area contributed by atoms with Gasteiger partial charge in [0.25, 0.3) is 0 Å². The summed E-state index contributed by atoms with van der Waals surface area (Å²) in [4.78, 5) is 10.8. The van der Waals surface area contributed by atoms with Gasteiger partial charge in [-0.05, 0) is 43.5 Å². The number of nitrogens with one attached hydrogen (secondary N) is 1. The number of methoxy groups -OCH3 is 1. The molecular weight excluding hydrogens is 226 g/mol. The van der Waals surface area contributed by atoms with Gasteiger partial charge in [0, 0.05) is 13.0 Å². The summed E-state index contributed by atoms with van der Waals surface area (Å²) in [6, 6.07) is 6.33. The molecule has 0 atom stereocenters. The minimum Gasteiger partial charge on any atom is -0.496 e. The minimum atomic E-state index is 0.236. The molecule has 0 spiro atoms. The molecule has 1 aromatic carbocycles. The van der Waals surface area contributed by atoms with Crippen molar-refractivity contribution in [2.75, 3.05) is 20.2 Å². The van der Waals surface area contributed by atoms with Crippen molar-refractivity contribution >= 4 is 5.78 Å². The highest BCUT2D eigenvalue weighted by Crippen LogP contribution is 2.20. The number of carbonyl (C=O) groups excluding carboxylic acids is 1. The molecule has 0 unspecified atom stereocenters. The quantitative estimate of drug-likeness (QED) is 0.719. The molecule has 0 bridgehead atoms. The fourth-order valence-corrected chi connectivity index (χ4v) is 1.89. The lowest BCUT2D eigenvalue weighted by Gasteiger charge is -2.09. The molecule has 0 aromatic heterocycles. The molecule has 18 heavy (non-hydrogen) atoms. The average molecular weight is 249 g/mol. The van der Waals surface area contributed by atoms with Gasteiger partial charge in [-0.25, -0.2) is 0 Å². The predicted molar refractivity (Wildman–Crippen MR) is 74.2 cm³/mol. The zero-order valence-corrected chi connectivity index (χ0v) is 11.6. The van der Waals surface area contributed by atoms with Crippen molar-refractivity contribution in [1.82, 2.24) is 5.32 Å². The van der Waals surface area contributed by atoms with Crippen LogP contribution in [0.15, 0.2) is 18.2 Å². The lowest BCUT2D eigenvalue weighted by Crippen LogP contribution is -2.20. The first-order chi connectivity index (χ1) is 8.67. The van der Waals surface area contributed by atoms with E-state index in [1.165, 1.54) is 11.1 Å². The van der Waals surface area contributed by atoms with Crippen LogP contribution in [0.3, 0.4) is 0 Å². The van der Waals surface area contributed by atoms with Gasteiger partial charge in [-0.3, -0.25) is 4.79 Å². The maximum Gasteiger partial charge on any atom is 0.131 e. The van der Waals surface area contributed by atoms with E-state index in [4.69, 9.17) is 4.74 Å². The van der Waals surface area contributed by atoms with Crippen LogP contribution < -0.4 is 10.1 Å². The first-order valence-electron chi connectivity index (χ1n) is 6.53. The van der Waals surface area contributed by atoms with E-state index in [1.54, 1.807) is 14.0 Å². The van der Waals surface area contributed by atoms with Crippen LogP contribution >= 0.6 is 0 Å². The summed E-state index contributed by atoms with van der Waals surface area (Å²) in [6.07, 6.45) is 2.58. The van der Waals surface area contributed by atoms with Gasteiger partial charge in [-0.1, -0.05) is 19.1 Å². The van der Waals surface area contributed by atoms with Crippen molar-refractivity contribution < 1.29 is 9.53 Å². The van der Waals surface area contributed by atoms with Gasteiger partial charge < -0.3 is 10.1 Å². The number of benzene rings is 1. The smallest absolute Gasteiger partial charge is 0.131 e. The van der Waals surface area contributed by atoms with Crippen LogP contribution in [0.2, 0.25) is 0 Å². The van der Waals surface area contributed by atoms with Crippen LogP contribution in [0.1, 0.15) is 31.4 Å². The molecule has 0 aliphatic rings. The van der Waals surface area contributed by atoms with Crippen LogP contribution in [-0.2, 0) is 17.6 Å². The molecule has 0 radical (unpaired) electrons. The second-order valence-electron chi connectivity index (χ2n) is 4.45. The highest BCUT2D eigenvalue weighted by molar-refractivity contribution is 5.75. The van der Waals surface area contributed by atoms with Crippen LogP contribution in [-0.4, -0.2) is 26.0 Å². The fraction of sp³-hybridized carbons (Fsp3) is 0.533. The summed E-state index contributed by atoms with van der Waals surface area (Å²) in [5.41, 5.74) is 2.56. The summed E-state index contributed by atoms with van der Waals surface area (Å²) in [5, 5.41) is 3.28. The highest BCUT2D eigenvalue weighted by atomic mass is 16.5. The van der Waals surface area contributed by atoms with Gasteiger partial charge in [-0.2, -0.15) is 0 Å². The SMILES string of the molecule is CCc1cc(CCNCCC(C)=O)ccc1OC. The summed E-state index contributed by atoms with van der Waals surface area (Å²) < 4.78 is 5.31. The summed E-state index contributed by atoms with van der Waals surface area (Å²) >= 11 is 0. The molecule has 0 saturated heterocycles. The van der Waals surface area contributed by atoms with Crippen molar-refractivity contribution in [3.05, 3.63) is 29.3 Å². The second kappa shape index (κ2) is 7.88. The first-order valence-corrected chi connectivity index (χ1v) is 6.53. The van der Waals surface area contributed by atoms with Crippen LogP contribution in [0.5, 0.6) is 5.75 Å². The Morgan fingerprint density at radius 3 is 2.72 bits per heavy atom. The number of ketones is 1. The van der Waals surface area contributed by atoms with Gasteiger partial charge >= 0.3 is 0 Å². The Kier molecular flexibility index (Phi) is 6.44. The molecule has 1 rings (SSSR count). The third kappa shape index (κ3) is 4.88. The lowest BCUT2D eigenvalue weighted by atomic mass is 10.1. The molecule has 1 aromatic rings. The molecule has 0 saturated carbocycles. The topological polar surface area (TPSA) is 38.3 Å². The number of carbonyl (C=O) groups is 1. The van der Waals surface area contributed by atoms with Gasteiger partial charge in [0.2, 0.25) is 0 Å². The van der Waals surface area contributed by atoms with E-state index in [0.717, 1.165) is 31.7 Å². The van der Waals surface area contributed by atoms with Gasteiger partial charge in [0.15, 0.2) is 0 Å². The molecule has 0 fully saturated rings.